The van der Waals surface area contributed by atoms with E-state index in [1.807, 2.05) is 0 Å². The van der Waals surface area contributed by atoms with Crippen LogP contribution in [0.25, 0.3) is 0 Å². The average molecular weight is 261 g/mol. The Labute approximate surface area is 110 Å². The average Bonchev–Trinajstić information content (AvgIpc) is 2.39. The molecule has 1 amide bonds. The predicted octanol–water partition coefficient (Wildman–Crippen LogP) is 3.54. The third kappa shape index (κ3) is 3.88. The summed E-state index contributed by atoms with van der Waals surface area (Å²) < 4.78 is 26.2. The number of benzene rings is 2. The maximum atomic E-state index is 13.3. The van der Waals surface area contributed by atoms with Crippen molar-refractivity contribution in [2.24, 2.45) is 0 Å². The van der Waals surface area contributed by atoms with Crippen LogP contribution in [0.15, 0.2) is 48.5 Å². The molecule has 0 heterocycles. The highest BCUT2D eigenvalue weighted by molar-refractivity contribution is 5.90. The van der Waals surface area contributed by atoms with E-state index in [2.05, 4.69) is 5.32 Å². The molecule has 2 aromatic carbocycles. The number of aryl methyl sites for hydroxylation is 1. The third-order valence-electron chi connectivity index (χ3n) is 2.68. The molecule has 0 unspecified atom stereocenters. The largest absolute Gasteiger partial charge is 0.324 e. The molecule has 0 aliphatic rings. The summed E-state index contributed by atoms with van der Waals surface area (Å²) in [5.74, 6) is -1.09. The number of hydrogen-bond donors (Lipinski definition) is 1. The number of amides is 1. The predicted molar refractivity (Wildman–Crippen MR) is 69.8 cm³/mol. The van der Waals surface area contributed by atoms with E-state index in [-0.39, 0.29) is 23.8 Å². The number of hydrogen-bond acceptors (Lipinski definition) is 1. The number of nitrogens with one attached hydrogen (secondary N) is 1. The first-order chi connectivity index (χ1) is 9.15. The van der Waals surface area contributed by atoms with Crippen molar-refractivity contribution in [1.29, 1.82) is 0 Å². The second-order valence-electron chi connectivity index (χ2n) is 4.16. The monoisotopic (exact) mass is 261 g/mol. The van der Waals surface area contributed by atoms with Crippen molar-refractivity contribution in [2.45, 2.75) is 12.8 Å². The van der Waals surface area contributed by atoms with Gasteiger partial charge in [0.2, 0.25) is 5.91 Å². The molecule has 0 aromatic heterocycles. The van der Waals surface area contributed by atoms with Crippen LogP contribution < -0.4 is 5.32 Å². The van der Waals surface area contributed by atoms with Crippen LogP contribution in [0.1, 0.15) is 12.0 Å². The molecule has 4 heteroatoms. The van der Waals surface area contributed by atoms with Gasteiger partial charge in [-0.25, -0.2) is 8.78 Å². The Bertz CT molecular complexity index is 584. The van der Waals surface area contributed by atoms with Gasteiger partial charge in [-0.3, -0.25) is 4.79 Å². The van der Waals surface area contributed by atoms with Crippen LogP contribution in [0.4, 0.5) is 14.5 Å². The molecule has 0 saturated carbocycles. The van der Waals surface area contributed by atoms with Crippen molar-refractivity contribution in [3.05, 3.63) is 65.7 Å². The quantitative estimate of drug-likeness (QED) is 0.896. The van der Waals surface area contributed by atoms with Crippen molar-refractivity contribution >= 4 is 11.6 Å². The fraction of sp³-hybridized carbons (Fsp3) is 0.133. The Balaban J connectivity index is 1.90. The Kier molecular flexibility index (Phi) is 4.23. The lowest BCUT2D eigenvalue weighted by atomic mass is 10.1. The van der Waals surface area contributed by atoms with E-state index >= 15 is 0 Å². The van der Waals surface area contributed by atoms with Gasteiger partial charge in [-0.2, -0.15) is 0 Å². The van der Waals surface area contributed by atoms with Gasteiger partial charge in [-0.15, -0.1) is 0 Å². The summed E-state index contributed by atoms with van der Waals surface area (Å²) in [6.07, 6.45) is 0.593. The summed E-state index contributed by atoms with van der Waals surface area (Å²) in [4.78, 5) is 11.7. The van der Waals surface area contributed by atoms with Crippen LogP contribution in [0.2, 0.25) is 0 Å². The smallest absolute Gasteiger partial charge is 0.224 e. The first-order valence-corrected chi connectivity index (χ1v) is 5.94. The van der Waals surface area contributed by atoms with Gasteiger partial charge in [0.15, 0.2) is 0 Å². The Hall–Kier alpha value is -2.23. The first kappa shape index (κ1) is 13.2. The molecule has 19 heavy (non-hydrogen) atoms. The van der Waals surface area contributed by atoms with Gasteiger partial charge in [-0.1, -0.05) is 24.3 Å². The number of carbonyl (C=O) groups excluding carboxylic acids is 1. The molecule has 0 spiro atoms. The standard InChI is InChI=1S/C15H13F2NO/c16-12-5-3-4-11(10-12)8-9-15(19)18-14-7-2-1-6-13(14)17/h1-7,10H,8-9H2,(H,18,19). The summed E-state index contributed by atoms with van der Waals surface area (Å²) in [6.45, 7) is 0. The molecular weight excluding hydrogens is 248 g/mol. The molecule has 0 fully saturated rings. The molecule has 0 aliphatic carbocycles. The van der Waals surface area contributed by atoms with Gasteiger partial charge in [0.25, 0.3) is 0 Å². The molecule has 2 nitrogen and oxygen atoms in total. The number of halogens is 2. The van der Waals surface area contributed by atoms with Crippen molar-refractivity contribution in [3.63, 3.8) is 0 Å². The van der Waals surface area contributed by atoms with E-state index in [1.54, 1.807) is 24.3 Å². The Morgan fingerprint density at radius 1 is 1.05 bits per heavy atom. The Morgan fingerprint density at radius 3 is 2.58 bits per heavy atom. The normalized spacial score (nSPS) is 10.2. The second kappa shape index (κ2) is 6.09. The number of anilines is 1. The molecule has 0 radical (unpaired) electrons. The van der Waals surface area contributed by atoms with Crippen LogP contribution in [0.3, 0.4) is 0 Å². The molecule has 0 saturated heterocycles. The van der Waals surface area contributed by atoms with Gasteiger partial charge in [0.1, 0.15) is 11.6 Å². The highest BCUT2D eigenvalue weighted by atomic mass is 19.1. The van der Waals surface area contributed by atoms with E-state index < -0.39 is 5.82 Å². The molecule has 2 aromatic rings. The van der Waals surface area contributed by atoms with E-state index in [4.69, 9.17) is 0 Å². The fourth-order valence-corrected chi connectivity index (χ4v) is 1.73. The van der Waals surface area contributed by atoms with E-state index in [9.17, 15) is 13.6 Å². The molecular formula is C15H13F2NO. The summed E-state index contributed by atoms with van der Waals surface area (Å²) in [5.41, 5.74) is 0.899. The molecule has 0 bridgehead atoms. The molecule has 2 rings (SSSR count). The maximum absolute atomic E-state index is 13.3. The topological polar surface area (TPSA) is 29.1 Å². The van der Waals surface area contributed by atoms with Crippen molar-refractivity contribution in [3.8, 4) is 0 Å². The zero-order valence-corrected chi connectivity index (χ0v) is 10.2. The Morgan fingerprint density at radius 2 is 1.84 bits per heavy atom. The lowest BCUT2D eigenvalue weighted by Gasteiger charge is -2.06. The van der Waals surface area contributed by atoms with Gasteiger partial charge in [0, 0.05) is 6.42 Å². The van der Waals surface area contributed by atoms with Crippen LogP contribution >= 0.6 is 0 Å². The van der Waals surface area contributed by atoms with E-state index in [0.29, 0.717) is 6.42 Å². The number of rotatable bonds is 4. The lowest BCUT2D eigenvalue weighted by Crippen LogP contribution is -2.13. The van der Waals surface area contributed by atoms with Crippen molar-refractivity contribution < 1.29 is 13.6 Å². The molecule has 1 N–H and O–H groups in total. The summed E-state index contributed by atoms with van der Waals surface area (Å²) in [7, 11) is 0. The minimum atomic E-state index is -0.471. The van der Waals surface area contributed by atoms with Crippen LogP contribution in [-0.4, -0.2) is 5.91 Å². The van der Waals surface area contributed by atoms with Crippen LogP contribution in [0.5, 0.6) is 0 Å². The number of para-hydroxylation sites is 1. The van der Waals surface area contributed by atoms with Crippen LogP contribution in [0, 0.1) is 11.6 Å². The highest BCUT2D eigenvalue weighted by Gasteiger charge is 2.06. The highest BCUT2D eigenvalue weighted by Crippen LogP contribution is 2.13. The zero-order chi connectivity index (χ0) is 13.7. The maximum Gasteiger partial charge on any atom is 0.224 e. The van der Waals surface area contributed by atoms with Crippen molar-refractivity contribution in [1.82, 2.24) is 0 Å². The van der Waals surface area contributed by atoms with Gasteiger partial charge >= 0.3 is 0 Å². The molecule has 98 valence electrons. The first-order valence-electron chi connectivity index (χ1n) is 5.94. The molecule has 0 aliphatic heterocycles. The lowest BCUT2D eigenvalue weighted by molar-refractivity contribution is -0.116. The number of carbonyl (C=O) groups is 1. The van der Waals surface area contributed by atoms with E-state index in [1.165, 1.54) is 24.3 Å². The summed E-state index contributed by atoms with van der Waals surface area (Å²) >= 11 is 0. The minimum Gasteiger partial charge on any atom is -0.324 e. The summed E-state index contributed by atoms with van der Waals surface area (Å²) in [6, 6.07) is 12.1. The SMILES string of the molecule is O=C(CCc1cccc(F)c1)Nc1ccccc1F. The van der Waals surface area contributed by atoms with Crippen molar-refractivity contribution in [2.75, 3.05) is 5.32 Å². The minimum absolute atomic E-state index is 0.159. The van der Waals surface area contributed by atoms with Crippen LogP contribution in [-0.2, 0) is 11.2 Å². The molecule has 0 atom stereocenters. The van der Waals surface area contributed by atoms with E-state index in [0.717, 1.165) is 5.56 Å². The second-order valence-corrected chi connectivity index (χ2v) is 4.16. The van der Waals surface area contributed by atoms with Gasteiger partial charge in [0.05, 0.1) is 5.69 Å². The third-order valence-corrected chi connectivity index (χ3v) is 2.68. The summed E-state index contributed by atoms with van der Waals surface area (Å²) in [5, 5.41) is 2.49. The van der Waals surface area contributed by atoms with Gasteiger partial charge < -0.3 is 5.32 Å². The zero-order valence-electron chi connectivity index (χ0n) is 10.2. The van der Waals surface area contributed by atoms with Gasteiger partial charge in [-0.05, 0) is 36.2 Å². The fourth-order valence-electron chi connectivity index (χ4n) is 1.73.